The molecule has 1 aliphatic carbocycles. The molecular weight excluding hydrogens is 542 g/mol. The van der Waals surface area contributed by atoms with Crippen LogP contribution in [0, 0.1) is 5.92 Å². The van der Waals surface area contributed by atoms with E-state index in [1.165, 1.54) is 7.11 Å². The van der Waals surface area contributed by atoms with Crippen LogP contribution in [0.3, 0.4) is 0 Å². The first-order valence-corrected chi connectivity index (χ1v) is 14.6. The van der Waals surface area contributed by atoms with Gasteiger partial charge in [0.2, 0.25) is 0 Å². The van der Waals surface area contributed by atoms with Gasteiger partial charge in [-0.2, -0.15) is 0 Å². The van der Waals surface area contributed by atoms with Gasteiger partial charge in [-0.25, -0.2) is 4.79 Å². The highest BCUT2D eigenvalue weighted by Gasteiger charge is 2.54. The molecule has 1 saturated carbocycles. The molecule has 0 saturated heterocycles. The Labute approximate surface area is 253 Å². The van der Waals surface area contributed by atoms with Crippen molar-refractivity contribution in [1.82, 2.24) is 5.32 Å². The quantitative estimate of drug-likeness (QED) is 0.188. The summed E-state index contributed by atoms with van der Waals surface area (Å²) in [5.74, 6) is -0.251. The third-order valence-electron chi connectivity index (χ3n) is 7.62. The summed E-state index contributed by atoms with van der Waals surface area (Å²) >= 11 is 0. The molecule has 5 rings (SSSR count). The average molecular weight is 582 g/mol. The van der Waals surface area contributed by atoms with Gasteiger partial charge in [-0.15, -0.1) is 0 Å². The molecule has 0 spiro atoms. The van der Waals surface area contributed by atoms with Crippen LogP contribution < -0.4 is 5.32 Å². The predicted molar refractivity (Wildman–Crippen MR) is 164 cm³/mol. The monoisotopic (exact) mass is 581 g/mol. The summed E-state index contributed by atoms with van der Waals surface area (Å²) in [6.45, 7) is 1.87. The fourth-order valence-corrected chi connectivity index (χ4v) is 5.47. The Morgan fingerprint density at radius 3 is 1.40 bits per heavy atom. The second-order valence-electron chi connectivity index (χ2n) is 10.6. The number of hydrogen-bond donors (Lipinski definition) is 1. The molecular formula is C36H39NO6. The minimum absolute atomic E-state index is 0.251. The SMILES string of the molecule is COC(=O)N[C@@H]1[C@@H](OCc2ccccc2)[C@H](OCc2ccccc2)[C@@H](COCc2ccccc2)[C@@H]1OCc1ccccc1. The van der Waals surface area contributed by atoms with Gasteiger partial charge in [-0.05, 0) is 22.3 Å². The van der Waals surface area contributed by atoms with E-state index in [1.54, 1.807) is 0 Å². The lowest BCUT2D eigenvalue weighted by atomic mass is 10.0. The maximum Gasteiger partial charge on any atom is 0.407 e. The molecule has 1 fully saturated rings. The Bertz CT molecular complexity index is 1360. The van der Waals surface area contributed by atoms with Crippen molar-refractivity contribution in [3.63, 3.8) is 0 Å². The number of benzene rings is 4. The Kier molecular flexibility index (Phi) is 11.3. The molecule has 4 aromatic rings. The van der Waals surface area contributed by atoms with E-state index in [1.807, 2.05) is 121 Å². The summed E-state index contributed by atoms with van der Waals surface area (Å²) in [7, 11) is 1.35. The highest BCUT2D eigenvalue weighted by atomic mass is 16.6. The van der Waals surface area contributed by atoms with E-state index < -0.39 is 30.4 Å². The summed E-state index contributed by atoms with van der Waals surface area (Å²) in [5, 5.41) is 3.02. The number of hydrogen-bond acceptors (Lipinski definition) is 6. The molecule has 0 heterocycles. The van der Waals surface area contributed by atoms with E-state index >= 15 is 0 Å². The van der Waals surface area contributed by atoms with E-state index in [2.05, 4.69) is 5.32 Å². The lowest BCUT2D eigenvalue weighted by Gasteiger charge is -2.27. The van der Waals surface area contributed by atoms with Crippen molar-refractivity contribution in [2.45, 2.75) is 50.8 Å². The smallest absolute Gasteiger partial charge is 0.407 e. The van der Waals surface area contributed by atoms with Gasteiger partial charge in [0.05, 0.1) is 58.4 Å². The zero-order valence-electron chi connectivity index (χ0n) is 24.4. The van der Waals surface area contributed by atoms with Crippen LogP contribution in [0.5, 0.6) is 0 Å². The zero-order chi connectivity index (χ0) is 29.7. The zero-order valence-corrected chi connectivity index (χ0v) is 24.4. The van der Waals surface area contributed by atoms with Crippen LogP contribution in [0.4, 0.5) is 4.79 Å². The van der Waals surface area contributed by atoms with Gasteiger partial charge >= 0.3 is 6.09 Å². The van der Waals surface area contributed by atoms with E-state index in [0.717, 1.165) is 22.3 Å². The van der Waals surface area contributed by atoms with Crippen molar-refractivity contribution in [1.29, 1.82) is 0 Å². The summed E-state index contributed by atoms with van der Waals surface area (Å²) in [4.78, 5) is 12.7. The topological polar surface area (TPSA) is 75.3 Å². The van der Waals surface area contributed by atoms with Crippen LogP contribution in [0.25, 0.3) is 0 Å². The first kappa shape index (κ1) is 30.4. The van der Waals surface area contributed by atoms with Gasteiger partial charge in [0.25, 0.3) is 0 Å². The van der Waals surface area contributed by atoms with E-state index in [9.17, 15) is 4.79 Å². The van der Waals surface area contributed by atoms with Crippen molar-refractivity contribution < 1.29 is 28.5 Å². The summed E-state index contributed by atoms with van der Waals surface area (Å²) in [6, 6.07) is 39.5. The number of alkyl carbamates (subject to hydrolysis) is 1. The van der Waals surface area contributed by atoms with Gasteiger partial charge < -0.3 is 29.0 Å². The van der Waals surface area contributed by atoms with Crippen LogP contribution in [0.2, 0.25) is 0 Å². The predicted octanol–water partition coefficient (Wildman–Crippen LogP) is 6.31. The summed E-state index contributed by atoms with van der Waals surface area (Å²) < 4.78 is 31.2. The highest BCUT2D eigenvalue weighted by Crippen LogP contribution is 2.36. The standard InChI is InChI=1S/C36H39NO6/c1-39-36(38)37-32-33(41-23-28-16-8-3-9-17-28)31(26-40-22-27-14-6-2-7-15-27)34(42-24-29-18-10-4-11-19-29)35(32)43-25-30-20-12-5-13-21-30/h2-21,31-35H,22-26H2,1H3,(H,37,38)/t31-,32-,33-,34+,35+/m0/s1. The molecule has 0 bridgehead atoms. The molecule has 0 aromatic heterocycles. The van der Waals surface area contributed by atoms with Crippen molar-refractivity contribution in [3.05, 3.63) is 144 Å². The van der Waals surface area contributed by atoms with E-state index in [0.29, 0.717) is 33.0 Å². The third-order valence-corrected chi connectivity index (χ3v) is 7.62. The van der Waals surface area contributed by atoms with Crippen molar-refractivity contribution in [3.8, 4) is 0 Å². The second-order valence-corrected chi connectivity index (χ2v) is 10.6. The Hall–Kier alpha value is -4.01. The fourth-order valence-electron chi connectivity index (χ4n) is 5.47. The fraction of sp³-hybridized carbons (Fsp3) is 0.306. The van der Waals surface area contributed by atoms with Crippen molar-refractivity contribution in [2.24, 2.45) is 5.92 Å². The molecule has 1 aliphatic rings. The van der Waals surface area contributed by atoms with Crippen LogP contribution in [-0.4, -0.2) is 44.2 Å². The van der Waals surface area contributed by atoms with Gasteiger partial charge in [0.15, 0.2) is 0 Å². The first-order valence-electron chi connectivity index (χ1n) is 14.6. The maximum absolute atomic E-state index is 12.7. The Morgan fingerprint density at radius 2 is 0.953 bits per heavy atom. The van der Waals surface area contributed by atoms with Gasteiger partial charge in [-0.3, -0.25) is 0 Å². The Balaban J connectivity index is 1.44. The highest BCUT2D eigenvalue weighted by molar-refractivity contribution is 5.67. The molecule has 7 heteroatoms. The molecule has 7 nitrogen and oxygen atoms in total. The van der Waals surface area contributed by atoms with Crippen molar-refractivity contribution in [2.75, 3.05) is 13.7 Å². The summed E-state index contributed by atoms with van der Waals surface area (Å²) in [6.07, 6.45) is -2.01. The molecule has 1 N–H and O–H groups in total. The molecule has 5 atom stereocenters. The van der Waals surface area contributed by atoms with Crippen molar-refractivity contribution >= 4 is 6.09 Å². The number of ether oxygens (including phenoxy) is 5. The molecule has 0 unspecified atom stereocenters. The van der Waals surface area contributed by atoms with Gasteiger partial charge in [0.1, 0.15) is 6.10 Å². The van der Waals surface area contributed by atoms with Crippen LogP contribution in [-0.2, 0) is 50.1 Å². The molecule has 4 aromatic carbocycles. The van der Waals surface area contributed by atoms with Gasteiger partial charge in [-0.1, -0.05) is 121 Å². The second kappa shape index (κ2) is 16.0. The lowest BCUT2D eigenvalue weighted by Crippen LogP contribution is -2.49. The maximum atomic E-state index is 12.7. The molecule has 224 valence electrons. The number of carbonyl (C=O) groups excluding carboxylic acids is 1. The third kappa shape index (κ3) is 8.75. The first-order chi connectivity index (χ1) is 21.2. The number of rotatable bonds is 14. The number of methoxy groups -OCH3 is 1. The number of carbonyl (C=O) groups is 1. The molecule has 0 aliphatic heterocycles. The van der Waals surface area contributed by atoms with Crippen LogP contribution >= 0.6 is 0 Å². The molecule has 43 heavy (non-hydrogen) atoms. The molecule has 0 radical (unpaired) electrons. The van der Waals surface area contributed by atoms with E-state index in [-0.39, 0.29) is 5.92 Å². The Morgan fingerprint density at radius 1 is 0.558 bits per heavy atom. The minimum Gasteiger partial charge on any atom is -0.453 e. The summed E-state index contributed by atoms with van der Waals surface area (Å²) in [5.41, 5.74) is 4.16. The minimum atomic E-state index is -0.556. The lowest BCUT2D eigenvalue weighted by molar-refractivity contribution is -0.104. The molecule has 1 amide bonds. The number of nitrogens with one attached hydrogen (secondary N) is 1. The van der Waals surface area contributed by atoms with Crippen LogP contribution in [0.1, 0.15) is 22.3 Å². The normalized spacial score (nSPS) is 21.4. The van der Waals surface area contributed by atoms with E-state index in [4.69, 9.17) is 23.7 Å². The van der Waals surface area contributed by atoms with Gasteiger partial charge in [0, 0.05) is 5.92 Å². The van der Waals surface area contributed by atoms with Crippen LogP contribution in [0.15, 0.2) is 121 Å². The largest absolute Gasteiger partial charge is 0.453 e. The number of amides is 1. The average Bonchev–Trinajstić information content (AvgIpc) is 3.33.